The van der Waals surface area contributed by atoms with Crippen molar-refractivity contribution < 1.29 is 23.8 Å². The lowest BCUT2D eigenvalue weighted by Gasteiger charge is -2.32. The summed E-state index contributed by atoms with van der Waals surface area (Å²) in [6, 6.07) is 13.7. The zero-order valence-corrected chi connectivity index (χ0v) is 17.8. The summed E-state index contributed by atoms with van der Waals surface area (Å²) in [7, 11) is 3.21. The quantitative estimate of drug-likeness (QED) is 0.757. The van der Waals surface area contributed by atoms with E-state index in [-0.39, 0.29) is 23.8 Å². The van der Waals surface area contributed by atoms with Crippen LogP contribution in [0.1, 0.15) is 24.2 Å². The average molecular weight is 412 g/mol. The van der Waals surface area contributed by atoms with E-state index in [2.05, 4.69) is 5.32 Å². The molecule has 0 fully saturated rings. The minimum Gasteiger partial charge on any atom is -0.496 e. The highest BCUT2D eigenvalue weighted by Gasteiger charge is 2.31. The molecule has 2 atom stereocenters. The summed E-state index contributed by atoms with van der Waals surface area (Å²) in [6.45, 7) is 4.50. The Morgan fingerprint density at radius 2 is 1.80 bits per heavy atom. The van der Waals surface area contributed by atoms with Gasteiger partial charge in [0, 0.05) is 7.05 Å². The first-order chi connectivity index (χ1) is 14.4. The van der Waals surface area contributed by atoms with Gasteiger partial charge in [0.1, 0.15) is 18.4 Å². The summed E-state index contributed by atoms with van der Waals surface area (Å²) < 4.78 is 16.9. The van der Waals surface area contributed by atoms with Crippen LogP contribution in [0, 0.1) is 5.92 Å². The molecule has 0 spiro atoms. The number of hydrogen-bond donors (Lipinski definition) is 1. The lowest BCUT2D eigenvalue weighted by Crippen LogP contribution is -2.52. The molecular formula is C23H28N2O5. The van der Waals surface area contributed by atoms with Crippen molar-refractivity contribution in [2.24, 2.45) is 5.92 Å². The minimum absolute atomic E-state index is 0.0946. The van der Waals surface area contributed by atoms with Crippen molar-refractivity contribution >= 4 is 11.8 Å². The molecule has 2 aromatic rings. The van der Waals surface area contributed by atoms with Gasteiger partial charge in [-0.1, -0.05) is 38.1 Å². The molecule has 160 valence electrons. The van der Waals surface area contributed by atoms with Crippen LogP contribution >= 0.6 is 0 Å². The second kappa shape index (κ2) is 9.52. The van der Waals surface area contributed by atoms with Gasteiger partial charge in [-0.3, -0.25) is 9.59 Å². The first kappa shape index (κ1) is 21.5. The van der Waals surface area contributed by atoms with Crippen LogP contribution in [0.5, 0.6) is 17.2 Å². The maximum absolute atomic E-state index is 13.1. The molecule has 2 amide bonds. The fraction of sp³-hybridized carbons (Fsp3) is 0.391. The van der Waals surface area contributed by atoms with E-state index >= 15 is 0 Å². The highest BCUT2D eigenvalue weighted by atomic mass is 16.6. The van der Waals surface area contributed by atoms with Crippen molar-refractivity contribution in [3.05, 3.63) is 54.1 Å². The first-order valence-electron chi connectivity index (χ1n) is 9.98. The van der Waals surface area contributed by atoms with Crippen molar-refractivity contribution in [2.75, 3.05) is 27.3 Å². The van der Waals surface area contributed by atoms with Crippen LogP contribution in [0.25, 0.3) is 0 Å². The molecule has 7 heteroatoms. The molecule has 7 nitrogen and oxygen atoms in total. The summed E-state index contributed by atoms with van der Waals surface area (Å²) in [5.41, 5.74) is 0.390. The number of fused-ring (bicyclic) bond motifs is 1. The number of benzene rings is 2. The lowest BCUT2D eigenvalue weighted by atomic mass is 10.0. The molecule has 1 unspecified atom stereocenters. The Labute approximate surface area is 176 Å². The Balaban J connectivity index is 1.65. The predicted molar refractivity (Wildman–Crippen MR) is 113 cm³/mol. The van der Waals surface area contributed by atoms with Gasteiger partial charge in [-0.15, -0.1) is 0 Å². The molecule has 1 heterocycles. The standard InChI is InChI=1S/C23H28N2O5/c1-15(2)21(24-22(26)17-9-5-6-10-18(17)28-4)23(27)25(3)13-16-14-29-19-11-7-8-12-20(19)30-16/h5-12,15-16,21H,13-14H2,1-4H3,(H,24,26)/t16?,21-/m0/s1. The third-order valence-corrected chi connectivity index (χ3v) is 4.99. The van der Waals surface area contributed by atoms with Crippen molar-refractivity contribution in [2.45, 2.75) is 26.0 Å². The molecule has 0 aliphatic carbocycles. The van der Waals surface area contributed by atoms with Crippen LogP contribution in [-0.4, -0.2) is 56.2 Å². The SMILES string of the molecule is COc1ccccc1C(=O)N[C@H](C(=O)N(C)CC1COc2ccccc2O1)C(C)C. The predicted octanol–water partition coefficient (Wildman–Crippen LogP) is 2.75. The Bertz CT molecular complexity index is 899. The van der Waals surface area contributed by atoms with Gasteiger partial charge in [0.15, 0.2) is 17.6 Å². The third-order valence-electron chi connectivity index (χ3n) is 4.99. The molecule has 1 aliphatic heterocycles. The number of amides is 2. The number of methoxy groups -OCH3 is 1. The molecule has 0 aromatic heterocycles. The summed E-state index contributed by atoms with van der Waals surface area (Å²) in [4.78, 5) is 27.5. The first-order valence-corrected chi connectivity index (χ1v) is 9.98. The van der Waals surface area contributed by atoms with Crippen LogP contribution in [0.3, 0.4) is 0 Å². The van der Waals surface area contributed by atoms with Crippen molar-refractivity contribution in [3.8, 4) is 17.2 Å². The fourth-order valence-electron chi connectivity index (χ4n) is 3.35. The fourth-order valence-corrected chi connectivity index (χ4v) is 3.35. The van der Waals surface area contributed by atoms with E-state index < -0.39 is 6.04 Å². The number of nitrogens with zero attached hydrogens (tertiary/aromatic N) is 1. The number of carbonyl (C=O) groups is 2. The number of likely N-dealkylation sites (N-methyl/N-ethyl adjacent to an activating group) is 1. The molecule has 1 aliphatic rings. The van der Waals surface area contributed by atoms with Gasteiger partial charge in [-0.2, -0.15) is 0 Å². The van der Waals surface area contributed by atoms with Crippen molar-refractivity contribution in [3.63, 3.8) is 0 Å². The molecular weight excluding hydrogens is 384 g/mol. The third kappa shape index (κ3) is 4.84. The van der Waals surface area contributed by atoms with Crippen LogP contribution in [-0.2, 0) is 4.79 Å². The molecule has 0 radical (unpaired) electrons. The molecule has 0 bridgehead atoms. The monoisotopic (exact) mass is 412 g/mol. The maximum atomic E-state index is 13.1. The van der Waals surface area contributed by atoms with Gasteiger partial charge < -0.3 is 24.4 Å². The smallest absolute Gasteiger partial charge is 0.255 e. The normalized spacial score (nSPS) is 16.0. The number of nitrogens with one attached hydrogen (secondary N) is 1. The zero-order valence-electron chi connectivity index (χ0n) is 17.8. The van der Waals surface area contributed by atoms with Crippen LogP contribution < -0.4 is 19.5 Å². The molecule has 2 aromatic carbocycles. The van der Waals surface area contributed by atoms with E-state index in [1.807, 2.05) is 38.1 Å². The topological polar surface area (TPSA) is 77.1 Å². The summed E-state index contributed by atoms with van der Waals surface area (Å²) in [5, 5.41) is 2.86. The van der Waals surface area contributed by atoms with Crippen LogP contribution in [0.15, 0.2) is 48.5 Å². The van der Waals surface area contributed by atoms with Gasteiger partial charge in [0.05, 0.1) is 19.2 Å². The van der Waals surface area contributed by atoms with E-state index in [1.165, 1.54) is 7.11 Å². The molecule has 0 saturated carbocycles. The summed E-state index contributed by atoms with van der Waals surface area (Å²) >= 11 is 0. The molecule has 1 N–H and O–H groups in total. The number of ether oxygens (including phenoxy) is 3. The van der Waals surface area contributed by atoms with Crippen LogP contribution in [0.4, 0.5) is 0 Å². The number of rotatable bonds is 7. The van der Waals surface area contributed by atoms with Gasteiger partial charge in [-0.05, 0) is 30.2 Å². The van der Waals surface area contributed by atoms with Gasteiger partial charge in [0.2, 0.25) is 5.91 Å². The zero-order chi connectivity index (χ0) is 21.7. The molecule has 0 saturated heterocycles. The Morgan fingerprint density at radius 3 is 2.50 bits per heavy atom. The van der Waals surface area contributed by atoms with Crippen LogP contribution in [0.2, 0.25) is 0 Å². The highest BCUT2D eigenvalue weighted by molar-refractivity contribution is 5.99. The van der Waals surface area contributed by atoms with E-state index in [1.54, 1.807) is 36.2 Å². The number of para-hydroxylation sites is 3. The summed E-state index contributed by atoms with van der Waals surface area (Å²) in [6.07, 6.45) is -0.286. The van der Waals surface area contributed by atoms with E-state index in [4.69, 9.17) is 14.2 Å². The van der Waals surface area contributed by atoms with Gasteiger partial charge >= 0.3 is 0 Å². The van der Waals surface area contributed by atoms with E-state index in [9.17, 15) is 9.59 Å². The number of hydrogen-bond acceptors (Lipinski definition) is 5. The minimum atomic E-state index is -0.677. The highest BCUT2D eigenvalue weighted by Crippen LogP contribution is 2.31. The van der Waals surface area contributed by atoms with Gasteiger partial charge in [0.25, 0.3) is 5.91 Å². The number of carbonyl (C=O) groups excluding carboxylic acids is 2. The Morgan fingerprint density at radius 1 is 1.13 bits per heavy atom. The average Bonchev–Trinajstić information content (AvgIpc) is 2.76. The van der Waals surface area contributed by atoms with E-state index in [0.29, 0.717) is 36.0 Å². The molecule has 3 rings (SSSR count). The largest absolute Gasteiger partial charge is 0.496 e. The lowest BCUT2D eigenvalue weighted by molar-refractivity contribution is -0.134. The van der Waals surface area contributed by atoms with Gasteiger partial charge in [-0.25, -0.2) is 0 Å². The van der Waals surface area contributed by atoms with Crippen molar-refractivity contribution in [1.29, 1.82) is 0 Å². The Hall–Kier alpha value is -3.22. The second-order valence-corrected chi connectivity index (χ2v) is 7.61. The maximum Gasteiger partial charge on any atom is 0.255 e. The Kier molecular flexibility index (Phi) is 6.82. The summed E-state index contributed by atoms with van der Waals surface area (Å²) in [5.74, 6) is 1.20. The molecule has 30 heavy (non-hydrogen) atoms. The van der Waals surface area contributed by atoms with E-state index in [0.717, 1.165) is 0 Å². The second-order valence-electron chi connectivity index (χ2n) is 7.61. The van der Waals surface area contributed by atoms with Crippen molar-refractivity contribution in [1.82, 2.24) is 10.2 Å².